The van der Waals surface area contributed by atoms with Gasteiger partial charge in [0, 0.05) is 29.2 Å². The predicted octanol–water partition coefficient (Wildman–Crippen LogP) is 3.42. The van der Waals surface area contributed by atoms with Crippen molar-refractivity contribution in [2.75, 3.05) is 13.2 Å². The van der Waals surface area contributed by atoms with Gasteiger partial charge in [-0.1, -0.05) is 22.0 Å². The molecule has 0 saturated carbocycles. The van der Waals surface area contributed by atoms with E-state index in [1.165, 1.54) is 6.07 Å². The molecule has 1 fully saturated rings. The molecular formula is C13H17BrFNO. The Balaban J connectivity index is 1.91. The Hall–Kier alpha value is -0.450. The van der Waals surface area contributed by atoms with Crippen LogP contribution in [0.2, 0.25) is 0 Å². The smallest absolute Gasteiger partial charge is 0.129 e. The van der Waals surface area contributed by atoms with Crippen molar-refractivity contribution in [3.63, 3.8) is 0 Å². The average Bonchev–Trinajstić information content (AvgIpc) is 2.78. The molecule has 0 spiro atoms. The number of hydrogen-bond acceptors (Lipinski definition) is 2. The van der Waals surface area contributed by atoms with Gasteiger partial charge in [-0.25, -0.2) is 4.39 Å². The Morgan fingerprint density at radius 2 is 2.41 bits per heavy atom. The van der Waals surface area contributed by atoms with Crippen molar-refractivity contribution in [3.05, 3.63) is 34.1 Å². The highest BCUT2D eigenvalue weighted by Gasteiger charge is 2.17. The summed E-state index contributed by atoms with van der Waals surface area (Å²) in [6.45, 7) is 3.62. The zero-order chi connectivity index (χ0) is 12.3. The van der Waals surface area contributed by atoms with Gasteiger partial charge in [0.15, 0.2) is 0 Å². The number of rotatable bonds is 4. The van der Waals surface area contributed by atoms with Crippen molar-refractivity contribution >= 4 is 15.9 Å². The van der Waals surface area contributed by atoms with Gasteiger partial charge < -0.3 is 10.1 Å². The standard InChI is InChI=1S/C13H17BrFNO/c1-9(16-8-11-3-2-6-17-11)12-5-4-10(14)7-13(12)15/h4-5,7,9,11,16H,2-3,6,8H2,1H3. The van der Waals surface area contributed by atoms with Gasteiger partial charge in [-0.05, 0) is 31.9 Å². The van der Waals surface area contributed by atoms with Crippen LogP contribution in [-0.2, 0) is 4.74 Å². The Kier molecular flexibility index (Phi) is 4.54. The summed E-state index contributed by atoms with van der Waals surface area (Å²) in [4.78, 5) is 0. The summed E-state index contributed by atoms with van der Waals surface area (Å²) >= 11 is 3.26. The Bertz CT molecular complexity index is 380. The highest BCUT2D eigenvalue weighted by molar-refractivity contribution is 9.10. The first-order valence-corrected chi connectivity index (χ1v) is 6.76. The van der Waals surface area contributed by atoms with Gasteiger partial charge in [0.2, 0.25) is 0 Å². The quantitative estimate of drug-likeness (QED) is 0.920. The van der Waals surface area contributed by atoms with Gasteiger partial charge in [0.1, 0.15) is 5.82 Å². The number of nitrogens with one attached hydrogen (secondary N) is 1. The topological polar surface area (TPSA) is 21.3 Å². The summed E-state index contributed by atoms with van der Waals surface area (Å²) in [5, 5.41) is 3.32. The first kappa shape index (κ1) is 13.0. The molecule has 1 aliphatic heterocycles. The van der Waals surface area contributed by atoms with E-state index in [-0.39, 0.29) is 18.0 Å². The molecule has 2 atom stereocenters. The summed E-state index contributed by atoms with van der Waals surface area (Å²) in [5.41, 5.74) is 0.700. The summed E-state index contributed by atoms with van der Waals surface area (Å²) in [6.07, 6.45) is 2.52. The first-order valence-electron chi connectivity index (χ1n) is 5.97. The molecule has 1 N–H and O–H groups in total. The van der Waals surface area contributed by atoms with Crippen molar-refractivity contribution in [2.45, 2.75) is 31.9 Å². The summed E-state index contributed by atoms with van der Waals surface area (Å²) < 4.78 is 20.0. The minimum atomic E-state index is -0.174. The summed E-state index contributed by atoms with van der Waals surface area (Å²) in [5.74, 6) is -0.174. The van der Waals surface area contributed by atoms with Crippen LogP contribution in [0.1, 0.15) is 31.4 Å². The third-order valence-corrected chi connectivity index (χ3v) is 3.60. The second-order valence-electron chi connectivity index (χ2n) is 4.43. The monoisotopic (exact) mass is 301 g/mol. The van der Waals surface area contributed by atoms with Crippen LogP contribution < -0.4 is 5.32 Å². The Morgan fingerprint density at radius 3 is 3.06 bits per heavy atom. The summed E-state index contributed by atoms with van der Waals surface area (Å²) in [7, 11) is 0. The van der Waals surface area contributed by atoms with E-state index in [2.05, 4.69) is 21.2 Å². The minimum Gasteiger partial charge on any atom is -0.377 e. The summed E-state index contributed by atoms with van der Waals surface area (Å²) in [6, 6.07) is 5.18. The largest absolute Gasteiger partial charge is 0.377 e. The van der Waals surface area contributed by atoms with Gasteiger partial charge in [-0.3, -0.25) is 0 Å². The molecule has 2 nitrogen and oxygen atoms in total. The van der Waals surface area contributed by atoms with Crippen LogP contribution in [0.5, 0.6) is 0 Å². The van der Waals surface area contributed by atoms with Crippen LogP contribution in [0.15, 0.2) is 22.7 Å². The molecule has 0 amide bonds. The molecule has 1 aromatic rings. The fraction of sp³-hybridized carbons (Fsp3) is 0.538. The fourth-order valence-corrected chi connectivity index (χ4v) is 2.41. The van der Waals surface area contributed by atoms with E-state index in [9.17, 15) is 4.39 Å². The van der Waals surface area contributed by atoms with Crippen molar-refractivity contribution < 1.29 is 9.13 Å². The first-order chi connectivity index (χ1) is 8.16. The minimum absolute atomic E-state index is 0.00676. The highest BCUT2D eigenvalue weighted by Crippen LogP contribution is 2.21. The lowest BCUT2D eigenvalue weighted by Gasteiger charge is -2.18. The molecule has 0 radical (unpaired) electrons. The van der Waals surface area contributed by atoms with Crippen molar-refractivity contribution in [3.8, 4) is 0 Å². The number of ether oxygens (including phenoxy) is 1. The van der Waals surface area contributed by atoms with E-state index < -0.39 is 0 Å². The molecule has 1 heterocycles. The Labute approximate surface area is 110 Å². The molecule has 4 heteroatoms. The lowest BCUT2D eigenvalue weighted by molar-refractivity contribution is 0.108. The second-order valence-corrected chi connectivity index (χ2v) is 5.35. The van der Waals surface area contributed by atoms with Gasteiger partial charge in [-0.15, -0.1) is 0 Å². The van der Waals surface area contributed by atoms with E-state index in [1.54, 1.807) is 0 Å². The molecular weight excluding hydrogens is 285 g/mol. The van der Waals surface area contributed by atoms with Crippen LogP contribution >= 0.6 is 15.9 Å². The molecule has 0 aromatic heterocycles. The molecule has 17 heavy (non-hydrogen) atoms. The van der Waals surface area contributed by atoms with Crippen LogP contribution in [0.25, 0.3) is 0 Å². The maximum atomic E-state index is 13.7. The average molecular weight is 302 g/mol. The van der Waals surface area contributed by atoms with E-state index in [4.69, 9.17) is 4.74 Å². The maximum absolute atomic E-state index is 13.7. The lowest BCUT2D eigenvalue weighted by atomic mass is 10.1. The van der Waals surface area contributed by atoms with Gasteiger partial charge in [0.05, 0.1) is 6.10 Å². The predicted molar refractivity (Wildman–Crippen MR) is 69.5 cm³/mol. The third kappa shape index (κ3) is 3.50. The van der Waals surface area contributed by atoms with E-state index in [0.717, 1.165) is 30.5 Å². The molecule has 1 aliphatic rings. The number of benzene rings is 1. The third-order valence-electron chi connectivity index (χ3n) is 3.10. The second kappa shape index (κ2) is 5.94. The molecule has 2 unspecified atom stereocenters. The number of hydrogen-bond donors (Lipinski definition) is 1. The van der Waals surface area contributed by atoms with Crippen molar-refractivity contribution in [2.24, 2.45) is 0 Å². The van der Waals surface area contributed by atoms with Crippen LogP contribution in [0.3, 0.4) is 0 Å². The number of halogens is 2. The van der Waals surface area contributed by atoms with E-state index in [1.807, 2.05) is 19.1 Å². The molecule has 94 valence electrons. The van der Waals surface area contributed by atoms with Crippen molar-refractivity contribution in [1.29, 1.82) is 0 Å². The van der Waals surface area contributed by atoms with Crippen LogP contribution in [0.4, 0.5) is 4.39 Å². The molecule has 2 rings (SSSR count). The molecule has 0 bridgehead atoms. The van der Waals surface area contributed by atoms with Crippen LogP contribution in [0, 0.1) is 5.82 Å². The fourth-order valence-electron chi connectivity index (χ4n) is 2.08. The molecule has 1 saturated heterocycles. The maximum Gasteiger partial charge on any atom is 0.129 e. The van der Waals surface area contributed by atoms with Gasteiger partial charge >= 0.3 is 0 Å². The van der Waals surface area contributed by atoms with Crippen molar-refractivity contribution in [1.82, 2.24) is 5.32 Å². The van der Waals surface area contributed by atoms with Crippen LogP contribution in [-0.4, -0.2) is 19.3 Å². The van der Waals surface area contributed by atoms with Gasteiger partial charge in [-0.2, -0.15) is 0 Å². The van der Waals surface area contributed by atoms with Gasteiger partial charge in [0.25, 0.3) is 0 Å². The van der Waals surface area contributed by atoms with E-state index in [0.29, 0.717) is 5.56 Å². The SMILES string of the molecule is CC(NCC1CCCO1)c1ccc(Br)cc1F. The Morgan fingerprint density at radius 1 is 1.59 bits per heavy atom. The molecule has 1 aromatic carbocycles. The zero-order valence-corrected chi connectivity index (χ0v) is 11.5. The highest BCUT2D eigenvalue weighted by atomic mass is 79.9. The normalized spacial score (nSPS) is 21.7. The lowest BCUT2D eigenvalue weighted by Crippen LogP contribution is -2.29. The molecule has 0 aliphatic carbocycles. The van der Waals surface area contributed by atoms with E-state index >= 15 is 0 Å². The zero-order valence-electron chi connectivity index (χ0n) is 9.88.